The molecule has 94 valence electrons. The van der Waals surface area contributed by atoms with E-state index in [9.17, 15) is 8.78 Å². The Hall–Kier alpha value is -1.42. The predicted octanol–water partition coefficient (Wildman–Crippen LogP) is 4.90. The van der Waals surface area contributed by atoms with Crippen LogP contribution in [-0.4, -0.2) is 0 Å². The molecule has 0 aromatic heterocycles. The standard InChI is InChI=1S/C14H12BrF2N/c1-9(10-5-7-11(16)8-6-10)18-14-12(15)3-2-4-13(14)17/h2-9,18H,1H3. The molecule has 0 aliphatic rings. The number of hydrogen-bond acceptors (Lipinski definition) is 1. The Morgan fingerprint density at radius 3 is 2.33 bits per heavy atom. The van der Waals surface area contributed by atoms with Crippen molar-refractivity contribution in [2.24, 2.45) is 0 Å². The zero-order valence-corrected chi connectivity index (χ0v) is 11.3. The molecule has 0 fully saturated rings. The minimum Gasteiger partial charge on any atom is -0.375 e. The average Bonchev–Trinajstić information content (AvgIpc) is 2.34. The van der Waals surface area contributed by atoms with Crippen LogP contribution in [0.25, 0.3) is 0 Å². The molecule has 2 aromatic carbocycles. The van der Waals surface area contributed by atoms with Gasteiger partial charge in [-0.3, -0.25) is 0 Å². The molecule has 2 rings (SSSR count). The van der Waals surface area contributed by atoms with Crippen molar-refractivity contribution in [3.63, 3.8) is 0 Å². The van der Waals surface area contributed by atoms with Gasteiger partial charge in [0.1, 0.15) is 11.6 Å². The van der Waals surface area contributed by atoms with Crippen LogP contribution in [-0.2, 0) is 0 Å². The maximum atomic E-state index is 13.6. The van der Waals surface area contributed by atoms with Crippen LogP contribution in [0.4, 0.5) is 14.5 Å². The third-order valence-electron chi connectivity index (χ3n) is 2.69. The second kappa shape index (κ2) is 5.48. The predicted molar refractivity (Wildman–Crippen MR) is 72.5 cm³/mol. The maximum absolute atomic E-state index is 13.6. The zero-order chi connectivity index (χ0) is 13.1. The summed E-state index contributed by atoms with van der Waals surface area (Å²) in [5, 5.41) is 3.07. The van der Waals surface area contributed by atoms with Gasteiger partial charge in [0, 0.05) is 10.5 Å². The molecule has 0 saturated heterocycles. The van der Waals surface area contributed by atoms with Crippen molar-refractivity contribution in [2.75, 3.05) is 5.32 Å². The van der Waals surface area contributed by atoms with Gasteiger partial charge in [-0.05, 0) is 52.7 Å². The highest BCUT2D eigenvalue weighted by Gasteiger charge is 2.11. The summed E-state index contributed by atoms with van der Waals surface area (Å²) in [6, 6.07) is 10.8. The molecule has 0 spiro atoms. The fourth-order valence-electron chi connectivity index (χ4n) is 1.69. The molecule has 0 heterocycles. The largest absolute Gasteiger partial charge is 0.375 e. The van der Waals surface area contributed by atoms with Crippen molar-refractivity contribution >= 4 is 21.6 Å². The highest BCUT2D eigenvalue weighted by molar-refractivity contribution is 9.10. The summed E-state index contributed by atoms with van der Waals surface area (Å²) in [5.41, 5.74) is 1.31. The third kappa shape index (κ3) is 2.88. The summed E-state index contributed by atoms with van der Waals surface area (Å²) in [4.78, 5) is 0. The van der Waals surface area contributed by atoms with Gasteiger partial charge in [0.2, 0.25) is 0 Å². The fraction of sp³-hybridized carbons (Fsp3) is 0.143. The van der Waals surface area contributed by atoms with Gasteiger partial charge in [0.25, 0.3) is 0 Å². The lowest BCUT2D eigenvalue weighted by Crippen LogP contribution is -2.08. The summed E-state index contributed by atoms with van der Waals surface area (Å²) >= 11 is 3.30. The first-order valence-corrected chi connectivity index (χ1v) is 6.33. The normalized spacial score (nSPS) is 12.2. The summed E-state index contributed by atoms with van der Waals surface area (Å²) < 4.78 is 27.1. The van der Waals surface area contributed by atoms with Gasteiger partial charge in [-0.2, -0.15) is 0 Å². The van der Waals surface area contributed by atoms with Crippen molar-refractivity contribution in [3.05, 3.63) is 64.1 Å². The minimum atomic E-state index is -0.321. The van der Waals surface area contributed by atoms with Crippen LogP contribution < -0.4 is 5.32 Å². The van der Waals surface area contributed by atoms with Gasteiger partial charge in [0.15, 0.2) is 0 Å². The van der Waals surface area contributed by atoms with E-state index in [1.807, 2.05) is 6.92 Å². The van der Waals surface area contributed by atoms with E-state index < -0.39 is 0 Å². The number of hydrogen-bond donors (Lipinski definition) is 1. The monoisotopic (exact) mass is 311 g/mol. The van der Waals surface area contributed by atoms with Crippen LogP contribution in [0.5, 0.6) is 0 Å². The zero-order valence-electron chi connectivity index (χ0n) is 9.75. The van der Waals surface area contributed by atoms with Crippen molar-refractivity contribution in [1.82, 2.24) is 0 Å². The molecule has 0 amide bonds. The van der Waals surface area contributed by atoms with Crippen LogP contribution >= 0.6 is 15.9 Å². The molecule has 4 heteroatoms. The summed E-state index contributed by atoms with van der Waals surface area (Å²) in [5.74, 6) is -0.601. The van der Waals surface area contributed by atoms with Gasteiger partial charge >= 0.3 is 0 Å². The van der Waals surface area contributed by atoms with Crippen molar-refractivity contribution < 1.29 is 8.78 Å². The molecule has 1 unspecified atom stereocenters. The highest BCUT2D eigenvalue weighted by atomic mass is 79.9. The second-order valence-electron chi connectivity index (χ2n) is 4.01. The molecular formula is C14H12BrF2N. The molecular weight excluding hydrogens is 300 g/mol. The van der Waals surface area contributed by atoms with E-state index in [1.165, 1.54) is 18.2 Å². The first-order chi connectivity index (χ1) is 8.58. The Morgan fingerprint density at radius 2 is 1.72 bits per heavy atom. The Balaban J connectivity index is 2.21. The minimum absolute atomic E-state index is 0.112. The summed E-state index contributed by atoms with van der Waals surface area (Å²) in [6.07, 6.45) is 0. The van der Waals surface area contributed by atoms with Gasteiger partial charge in [-0.15, -0.1) is 0 Å². The highest BCUT2D eigenvalue weighted by Crippen LogP contribution is 2.29. The van der Waals surface area contributed by atoms with Gasteiger partial charge in [0.05, 0.1) is 5.69 Å². The molecule has 0 aliphatic carbocycles. The molecule has 0 saturated carbocycles. The molecule has 0 bridgehead atoms. The Kier molecular flexibility index (Phi) is 3.97. The molecule has 1 atom stereocenters. The number of halogens is 3. The molecule has 1 nitrogen and oxygen atoms in total. The van der Waals surface area contributed by atoms with Crippen LogP contribution in [0.3, 0.4) is 0 Å². The number of anilines is 1. The van der Waals surface area contributed by atoms with Crippen molar-refractivity contribution in [3.8, 4) is 0 Å². The van der Waals surface area contributed by atoms with Crippen molar-refractivity contribution in [1.29, 1.82) is 0 Å². The van der Waals surface area contributed by atoms with Gasteiger partial charge in [-0.1, -0.05) is 18.2 Å². The smallest absolute Gasteiger partial charge is 0.147 e. The topological polar surface area (TPSA) is 12.0 Å². The van der Waals surface area contributed by atoms with Crippen molar-refractivity contribution in [2.45, 2.75) is 13.0 Å². The number of rotatable bonds is 3. The van der Waals surface area contributed by atoms with E-state index >= 15 is 0 Å². The number of para-hydroxylation sites is 1. The van der Waals surface area contributed by atoms with Gasteiger partial charge < -0.3 is 5.32 Å². The average molecular weight is 312 g/mol. The van der Waals surface area contributed by atoms with Crippen LogP contribution in [0.1, 0.15) is 18.5 Å². The molecule has 0 radical (unpaired) electrons. The summed E-state index contributed by atoms with van der Waals surface area (Å²) in [7, 11) is 0. The summed E-state index contributed by atoms with van der Waals surface area (Å²) in [6.45, 7) is 1.89. The second-order valence-corrected chi connectivity index (χ2v) is 4.87. The third-order valence-corrected chi connectivity index (χ3v) is 3.35. The molecule has 2 aromatic rings. The van der Waals surface area contributed by atoms with Crippen LogP contribution in [0.2, 0.25) is 0 Å². The van der Waals surface area contributed by atoms with E-state index in [1.54, 1.807) is 24.3 Å². The number of benzene rings is 2. The quantitative estimate of drug-likeness (QED) is 0.850. The number of nitrogens with one attached hydrogen (secondary N) is 1. The van der Waals surface area contributed by atoms with E-state index in [-0.39, 0.29) is 17.7 Å². The Bertz CT molecular complexity index is 520. The molecule has 18 heavy (non-hydrogen) atoms. The van der Waals surface area contributed by atoms with Crippen LogP contribution in [0.15, 0.2) is 46.9 Å². The lowest BCUT2D eigenvalue weighted by Gasteiger charge is -2.17. The molecule has 1 N–H and O–H groups in total. The van der Waals surface area contributed by atoms with E-state index in [4.69, 9.17) is 0 Å². The maximum Gasteiger partial charge on any atom is 0.147 e. The van der Waals surface area contributed by atoms with Gasteiger partial charge in [-0.25, -0.2) is 8.78 Å². The van der Waals surface area contributed by atoms with Crippen LogP contribution in [0, 0.1) is 11.6 Å². The lowest BCUT2D eigenvalue weighted by molar-refractivity contribution is 0.623. The Morgan fingerprint density at radius 1 is 1.06 bits per heavy atom. The lowest BCUT2D eigenvalue weighted by atomic mass is 10.1. The molecule has 0 aliphatic heterocycles. The van der Waals surface area contributed by atoms with E-state index in [0.717, 1.165) is 5.56 Å². The SMILES string of the molecule is CC(Nc1c(F)cccc1Br)c1ccc(F)cc1. The van der Waals surface area contributed by atoms with E-state index in [0.29, 0.717) is 10.2 Å². The Labute approximate surface area is 113 Å². The fourth-order valence-corrected chi connectivity index (χ4v) is 2.14. The van der Waals surface area contributed by atoms with E-state index in [2.05, 4.69) is 21.2 Å². The first-order valence-electron chi connectivity index (χ1n) is 5.54. The first kappa shape index (κ1) is 13.0.